The zero-order valence-electron chi connectivity index (χ0n) is 21.9. The molecular weight excluding hydrogens is 504 g/mol. The predicted molar refractivity (Wildman–Crippen MR) is 165 cm³/mol. The third-order valence-corrected chi connectivity index (χ3v) is 8.17. The van der Waals surface area contributed by atoms with Crippen LogP contribution in [0, 0.1) is 0 Å². The van der Waals surface area contributed by atoms with Crippen LogP contribution >= 0.6 is 0 Å². The Morgan fingerprint density at radius 2 is 1.37 bits per heavy atom. The van der Waals surface area contributed by atoms with Gasteiger partial charge in [0.05, 0.1) is 6.20 Å². The molecule has 2 aliphatic rings. The van der Waals surface area contributed by atoms with Crippen LogP contribution in [0.15, 0.2) is 136 Å². The molecule has 41 heavy (non-hydrogen) atoms. The van der Waals surface area contributed by atoms with E-state index >= 15 is 0 Å². The van der Waals surface area contributed by atoms with Crippen molar-refractivity contribution in [1.29, 1.82) is 0 Å². The molecule has 7 aromatic rings. The van der Waals surface area contributed by atoms with Crippen LogP contribution in [0.1, 0.15) is 22.9 Å². The van der Waals surface area contributed by atoms with Crippen LogP contribution < -0.4 is 5.32 Å². The number of aromatic nitrogens is 1. The lowest BCUT2D eigenvalue weighted by molar-refractivity contribution is 0.667. The highest BCUT2D eigenvalue weighted by molar-refractivity contribution is 6.24. The highest BCUT2D eigenvalue weighted by atomic mass is 16.3. The summed E-state index contributed by atoms with van der Waals surface area (Å²) in [6.45, 7) is 0. The Balaban J connectivity index is 1.22. The molecule has 5 nitrogen and oxygen atoms in total. The summed E-state index contributed by atoms with van der Waals surface area (Å²) in [5, 5.41) is 8.22. The molecule has 1 unspecified atom stereocenters. The first kappa shape index (κ1) is 22.3. The van der Waals surface area contributed by atoms with Crippen LogP contribution in [0.3, 0.4) is 0 Å². The molecule has 2 aromatic heterocycles. The largest absolute Gasteiger partial charge is 0.454 e. The van der Waals surface area contributed by atoms with E-state index in [4.69, 9.17) is 14.4 Å². The minimum Gasteiger partial charge on any atom is -0.454 e. The zero-order valence-corrected chi connectivity index (χ0v) is 21.9. The standard InChI is InChI=1S/C36H22N4O/c1-2-7-22(8-3-1)34-38-35(23-15-16-24-25-11-4-9-21-10-5-12-26(32(21)25)29(24)19-23)40-36(39-34)28-13-6-14-30-33(28)27-17-18-37-20-31(27)41-30/h1-20,34H,(H,38,39,40). The Morgan fingerprint density at radius 1 is 0.585 bits per heavy atom. The summed E-state index contributed by atoms with van der Waals surface area (Å²) in [6, 6.07) is 38.1. The highest BCUT2D eigenvalue weighted by Crippen LogP contribution is 2.47. The van der Waals surface area contributed by atoms with E-state index in [1.807, 2.05) is 36.4 Å². The maximum atomic E-state index is 6.14. The SMILES string of the molecule is c1ccc(C2N=C(c3ccc4c(c3)-c3cccc5cccc-4c35)NC(c3cccc4oc5cnccc5c34)=N2)cc1. The summed E-state index contributed by atoms with van der Waals surface area (Å²) in [5.41, 5.74) is 9.64. The number of furan rings is 1. The van der Waals surface area contributed by atoms with E-state index in [2.05, 4.69) is 83.1 Å². The molecule has 0 fully saturated rings. The molecule has 0 spiro atoms. The van der Waals surface area contributed by atoms with E-state index in [9.17, 15) is 0 Å². The molecule has 0 bridgehead atoms. The Morgan fingerprint density at radius 3 is 2.24 bits per heavy atom. The van der Waals surface area contributed by atoms with E-state index in [-0.39, 0.29) is 6.17 Å². The van der Waals surface area contributed by atoms with Crippen LogP contribution in [0.2, 0.25) is 0 Å². The zero-order chi connectivity index (χ0) is 26.9. The number of hydrogen-bond donors (Lipinski definition) is 1. The quantitative estimate of drug-likeness (QED) is 0.252. The Bertz CT molecular complexity index is 2240. The molecule has 1 aliphatic heterocycles. The number of nitrogens with zero attached hydrogens (tertiary/aromatic N) is 3. The molecule has 9 rings (SSSR count). The van der Waals surface area contributed by atoms with E-state index < -0.39 is 0 Å². The molecular formula is C36H22N4O. The van der Waals surface area contributed by atoms with Gasteiger partial charge in [-0.15, -0.1) is 0 Å². The average Bonchev–Trinajstić information content (AvgIpc) is 3.58. The van der Waals surface area contributed by atoms with Crippen molar-refractivity contribution in [2.75, 3.05) is 0 Å². The van der Waals surface area contributed by atoms with Gasteiger partial charge in [0.1, 0.15) is 17.3 Å². The van der Waals surface area contributed by atoms with Crippen LogP contribution in [0.5, 0.6) is 0 Å². The maximum Gasteiger partial charge on any atom is 0.169 e. The van der Waals surface area contributed by atoms with Crippen molar-refractivity contribution < 1.29 is 4.42 Å². The average molecular weight is 527 g/mol. The van der Waals surface area contributed by atoms with Crippen LogP contribution in [0.25, 0.3) is 55.0 Å². The fourth-order valence-electron chi connectivity index (χ4n) is 6.32. The number of aliphatic imine (C=N–C) groups is 2. The van der Waals surface area contributed by atoms with Crippen molar-refractivity contribution in [3.8, 4) is 22.3 Å². The van der Waals surface area contributed by atoms with Gasteiger partial charge in [0.25, 0.3) is 0 Å². The summed E-state index contributed by atoms with van der Waals surface area (Å²) in [6.07, 6.45) is 3.18. The summed E-state index contributed by atoms with van der Waals surface area (Å²) in [7, 11) is 0. The van der Waals surface area contributed by atoms with E-state index in [1.165, 1.54) is 33.0 Å². The summed E-state index contributed by atoms with van der Waals surface area (Å²) in [4.78, 5) is 14.5. The molecule has 5 heteroatoms. The molecule has 0 radical (unpaired) electrons. The molecule has 192 valence electrons. The number of hydrogen-bond acceptors (Lipinski definition) is 5. The Hall–Kier alpha value is -5.55. The summed E-state index contributed by atoms with van der Waals surface area (Å²) in [5.74, 6) is 1.56. The van der Waals surface area contributed by atoms with Crippen molar-refractivity contribution in [1.82, 2.24) is 10.3 Å². The minimum atomic E-state index is -0.383. The maximum absolute atomic E-state index is 6.14. The normalized spacial score (nSPS) is 15.6. The lowest BCUT2D eigenvalue weighted by Gasteiger charge is -2.23. The number of benzene rings is 5. The van der Waals surface area contributed by atoms with Gasteiger partial charge < -0.3 is 9.73 Å². The highest BCUT2D eigenvalue weighted by Gasteiger charge is 2.26. The summed E-state index contributed by atoms with van der Waals surface area (Å²) >= 11 is 0. The lowest BCUT2D eigenvalue weighted by atomic mass is 10.00. The number of fused-ring (bicyclic) bond motifs is 6. The first-order chi connectivity index (χ1) is 20.3. The van der Waals surface area contributed by atoms with Crippen molar-refractivity contribution in [3.05, 3.63) is 138 Å². The molecule has 1 aliphatic carbocycles. The number of rotatable bonds is 3. The van der Waals surface area contributed by atoms with Crippen molar-refractivity contribution in [2.24, 2.45) is 9.98 Å². The molecule has 0 saturated carbocycles. The van der Waals surface area contributed by atoms with Crippen molar-refractivity contribution in [3.63, 3.8) is 0 Å². The Labute approximate surface area is 235 Å². The predicted octanol–water partition coefficient (Wildman–Crippen LogP) is 8.28. The summed E-state index contributed by atoms with van der Waals surface area (Å²) < 4.78 is 6.14. The lowest BCUT2D eigenvalue weighted by Crippen LogP contribution is -2.36. The van der Waals surface area contributed by atoms with E-state index in [0.29, 0.717) is 0 Å². The molecule has 0 amide bonds. The second kappa shape index (κ2) is 8.47. The van der Waals surface area contributed by atoms with Crippen molar-refractivity contribution in [2.45, 2.75) is 6.17 Å². The van der Waals surface area contributed by atoms with Crippen LogP contribution in [-0.4, -0.2) is 16.7 Å². The minimum absolute atomic E-state index is 0.383. The number of pyridine rings is 1. The topological polar surface area (TPSA) is 62.8 Å². The van der Waals surface area contributed by atoms with E-state index in [1.54, 1.807) is 12.4 Å². The first-order valence-corrected chi connectivity index (χ1v) is 13.7. The van der Waals surface area contributed by atoms with Gasteiger partial charge in [0.2, 0.25) is 0 Å². The number of nitrogens with one attached hydrogen (secondary N) is 1. The fourth-order valence-corrected chi connectivity index (χ4v) is 6.32. The fraction of sp³-hybridized carbons (Fsp3) is 0.0278. The molecule has 1 atom stereocenters. The molecule has 5 aromatic carbocycles. The van der Waals surface area contributed by atoms with Gasteiger partial charge in [0, 0.05) is 28.1 Å². The molecule has 3 heterocycles. The second-order valence-corrected chi connectivity index (χ2v) is 10.5. The van der Waals surface area contributed by atoms with E-state index in [0.717, 1.165) is 50.3 Å². The Kier molecular flexibility index (Phi) is 4.61. The van der Waals surface area contributed by atoms with Gasteiger partial charge in [-0.05, 0) is 56.8 Å². The van der Waals surface area contributed by atoms with Gasteiger partial charge in [-0.25, -0.2) is 9.98 Å². The third-order valence-electron chi connectivity index (χ3n) is 8.17. The van der Waals surface area contributed by atoms with Gasteiger partial charge in [0.15, 0.2) is 11.7 Å². The monoisotopic (exact) mass is 526 g/mol. The van der Waals surface area contributed by atoms with Gasteiger partial charge in [-0.2, -0.15) is 0 Å². The smallest absolute Gasteiger partial charge is 0.169 e. The second-order valence-electron chi connectivity index (χ2n) is 10.5. The third kappa shape index (κ3) is 3.33. The molecule has 0 saturated heterocycles. The van der Waals surface area contributed by atoms with Crippen LogP contribution in [0.4, 0.5) is 0 Å². The first-order valence-electron chi connectivity index (χ1n) is 13.7. The number of amidine groups is 2. The van der Waals surface area contributed by atoms with Crippen molar-refractivity contribution >= 4 is 44.4 Å². The molecule has 1 N–H and O–H groups in total. The van der Waals surface area contributed by atoms with Crippen LogP contribution in [-0.2, 0) is 0 Å². The van der Waals surface area contributed by atoms with Gasteiger partial charge in [-0.3, -0.25) is 4.98 Å². The van der Waals surface area contributed by atoms with Gasteiger partial charge in [-0.1, -0.05) is 91.0 Å². The van der Waals surface area contributed by atoms with Gasteiger partial charge >= 0.3 is 0 Å².